The van der Waals surface area contributed by atoms with Crippen molar-refractivity contribution in [3.05, 3.63) is 58.8 Å². The molecule has 100 valence electrons. The molecule has 20 heavy (non-hydrogen) atoms. The molecule has 0 bridgehead atoms. The van der Waals surface area contributed by atoms with Crippen LogP contribution in [0.2, 0.25) is 0 Å². The summed E-state index contributed by atoms with van der Waals surface area (Å²) in [5, 5.41) is 6.69. The van der Waals surface area contributed by atoms with Gasteiger partial charge in [-0.1, -0.05) is 0 Å². The summed E-state index contributed by atoms with van der Waals surface area (Å²) < 4.78 is 15.3. The molecule has 0 atom stereocenters. The minimum atomic E-state index is -0.426. The van der Waals surface area contributed by atoms with E-state index in [9.17, 15) is 9.18 Å². The molecule has 1 aromatic carbocycles. The maximum atomic E-state index is 13.2. The topological polar surface area (TPSA) is 59.3 Å². The van der Waals surface area contributed by atoms with Crippen molar-refractivity contribution in [1.29, 1.82) is 0 Å². The lowest BCUT2D eigenvalue weighted by atomic mass is 10.2. The zero-order valence-electron chi connectivity index (χ0n) is 10.0. The minimum absolute atomic E-state index is 0.359. The summed E-state index contributed by atoms with van der Waals surface area (Å²) in [6, 6.07) is 4.08. The summed E-state index contributed by atoms with van der Waals surface area (Å²) in [6.45, 7) is 0. The number of nitrogens with one attached hydrogen (secondary N) is 1. The van der Waals surface area contributed by atoms with Gasteiger partial charge in [-0.25, -0.2) is 8.91 Å². The molecule has 3 rings (SSSR count). The molecule has 0 radical (unpaired) electrons. The molecule has 3 aromatic rings. The van der Waals surface area contributed by atoms with E-state index in [1.165, 1.54) is 24.4 Å². The van der Waals surface area contributed by atoms with Crippen LogP contribution in [0.5, 0.6) is 0 Å². The maximum absolute atomic E-state index is 13.2. The van der Waals surface area contributed by atoms with Crippen molar-refractivity contribution < 1.29 is 9.18 Å². The lowest BCUT2D eigenvalue weighted by Crippen LogP contribution is -2.12. The molecule has 1 amide bonds. The largest absolute Gasteiger partial charge is 0.321 e. The van der Waals surface area contributed by atoms with Gasteiger partial charge in [0.1, 0.15) is 5.82 Å². The Kier molecular flexibility index (Phi) is 3.19. The van der Waals surface area contributed by atoms with E-state index in [-0.39, 0.29) is 5.91 Å². The second kappa shape index (κ2) is 5.01. The summed E-state index contributed by atoms with van der Waals surface area (Å²) in [5.74, 6) is -0.802. The third-order valence-electron chi connectivity index (χ3n) is 2.75. The number of anilines is 1. The van der Waals surface area contributed by atoms with E-state index in [2.05, 4.69) is 31.3 Å². The predicted molar refractivity (Wildman–Crippen MR) is 75.0 cm³/mol. The van der Waals surface area contributed by atoms with Gasteiger partial charge in [-0.15, -0.1) is 0 Å². The van der Waals surface area contributed by atoms with Crippen LogP contribution in [0.25, 0.3) is 5.52 Å². The predicted octanol–water partition coefficient (Wildman–Crippen LogP) is 2.88. The molecule has 0 saturated carbocycles. The Morgan fingerprint density at radius 2 is 2.20 bits per heavy atom. The van der Waals surface area contributed by atoms with Gasteiger partial charge in [0, 0.05) is 16.9 Å². The van der Waals surface area contributed by atoms with E-state index in [0.717, 1.165) is 0 Å². The quantitative estimate of drug-likeness (QED) is 0.783. The first-order chi connectivity index (χ1) is 9.65. The average molecular weight is 335 g/mol. The van der Waals surface area contributed by atoms with Crippen molar-refractivity contribution in [1.82, 2.24) is 14.6 Å². The van der Waals surface area contributed by atoms with Gasteiger partial charge >= 0.3 is 0 Å². The number of rotatable bonds is 2. The number of hydrogen-bond acceptors (Lipinski definition) is 3. The number of carbonyl (C=O) groups excluding carboxylic acids is 1. The normalized spacial score (nSPS) is 10.7. The average Bonchev–Trinajstić information content (AvgIpc) is 2.87. The van der Waals surface area contributed by atoms with E-state index >= 15 is 0 Å². The number of hydrogen-bond donors (Lipinski definition) is 1. The second-order valence-corrected chi connectivity index (χ2v) is 4.90. The summed E-state index contributed by atoms with van der Waals surface area (Å²) in [7, 11) is 0. The molecule has 0 unspecified atom stereocenters. The van der Waals surface area contributed by atoms with E-state index in [1.54, 1.807) is 23.1 Å². The highest BCUT2D eigenvalue weighted by Crippen LogP contribution is 2.24. The molecule has 0 aliphatic carbocycles. The van der Waals surface area contributed by atoms with Gasteiger partial charge in [0.05, 0.1) is 29.2 Å². The molecule has 5 nitrogen and oxygen atoms in total. The Hall–Kier alpha value is -2.28. The highest BCUT2D eigenvalue weighted by molar-refractivity contribution is 9.10. The monoisotopic (exact) mass is 334 g/mol. The van der Waals surface area contributed by atoms with Crippen LogP contribution in [0, 0.1) is 5.82 Å². The maximum Gasteiger partial charge on any atom is 0.259 e. The van der Waals surface area contributed by atoms with Crippen LogP contribution in [0.15, 0.2) is 47.5 Å². The molecule has 0 aliphatic rings. The number of nitrogens with zero attached hydrogens (tertiary/aromatic N) is 3. The molecule has 2 heterocycles. The smallest absolute Gasteiger partial charge is 0.259 e. The van der Waals surface area contributed by atoms with Crippen molar-refractivity contribution in [2.45, 2.75) is 0 Å². The Morgan fingerprint density at radius 3 is 3.05 bits per heavy atom. The number of fused-ring (bicyclic) bond motifs is 1. The van der Waals surface area contributed by atoms with E-state index in [4.69, 9.17) is 0 Å². The summed E-state index contributed by atoms with van der Waals surface area (Å²) in [6.07, 6.45) is 6.21. The molecule has 0 saturated heterocycles. The Bertz CT molecular complexity index is 802. The third-order valence-corrected chi connectivity index (χ3v) is 3.44. The van der Waals surface area contributed by atoms with Crippen molar-refractivity contribution in [2.24, 2.45) is 0 Å². The second-order valence-electron chi connectivity index (χ2n) is 4.04. The third kappa shape index (κ3) is 2.27. The standard InChI is InChI=1S/C13H8BrFN4O/c14-10-2-1-8(15)5-11(10)18-13(20)9-6-17-19-4-3-16-7-12(9)19/h1-7H,(H,18,20). The van der Waals surface area contributed by atoms with Gasteiger partial charge in [-0.05, 0) is 34.1 Å². The molecule has 2 aromatic heterocycles. The molecular weight excluding hydrogens is 327 g/mol. The Balaban J connectivity index is 1.95. The fourth-order valence-electron chi connectivity index (χ4n) is 1.79. The van der Waals surface area contributed by atoms with Crippen LogP contribution in [0.4, 0.5) is 10.1 Å². The van der Waals surface area contributed by atoms with Crippen molar-refractivity contribution in [2.75, 3.05) is 5.32 Å². The highest BCUT2D eigenvalue weighted by atomic mass is 79.9. The number of halogens is 2. The molecule has 0 fully saturated rings. The van der Waals surface area contributed by atoms with Gasteiger partial charge in [0.15, 0.2) is 0 Å². The molecular formula is C13H8BrFN4O. The zero-order valence-corrected chi connectivity index (χ0v) is 11.6. The van der Waals surface area contributed by atoms with Crippen LogP contribution in [0.1, 0.15) is 10.4 Å². The first-order valence-corrected chi connectivity index (χ1v) is 6.48. The van der Waals surface area contributed by atoms with E-state index < -0.39 is 5.82 Å². The number of benzene rings is 1. The lowest BCUT2D eigenvalue weighted by molar-refractivity contribution is 0.102. The summed E-state index contributed by atoms with van der Waals surface area (Å²) >= 11 is 3.26. The van der Waals surface area contributed by atoms with Crippen LogP contribution in [-0.2, 0) is 0 Å². The lowest BCUT2D eigenvalue weighted by Gasteiger charge is -2.06. The Morgan fingerprint density at radius 1 is 1.35 bits per heavy atom. The molecule has 7 heteroatoms. The van der Waals surface area contributed by atoms with Crippen LogP contribution in [0.3, 0.4) is 0 Å². The fourth-order valence-corrected chi connectivity index (χ4v) is 2.14. The van der Waals surface area contributed by atoms with Crippen LogP contribution >= 0.6 is 15.9 Å². The Labute approximate surface area is 121 Å². The van der Waals surface area contributed by atoms with Crippen molar-refractivity contribution in [3.63, 3.8) is 0 Å². The number of carbonyl (C=O) groups is 1. The van der Waals surface area contributed by atoms with Gasteiger partial charge in [0.25, 0.3) is 5.91 Å². The minimum Gasteiger partial charge on any atom is -0.321 e. The first kappa shape index (κ1) is 12.7. The SMILES string of the molecule is O=C(Nc1cc(F)ccc1Br)c1cnn2ccncc12. The summed E-state index contributed by atoms with van der Waals surface area (Å²) in [5.41, 5.74) is 1.31. The summed E-state index contributed by atoms with van der Waals surface area (Å²) in [4.78, 5) is 16.2. The molecule has 0 aliphatic heterocycles. The molecule has 1 N–H and O–H groups in total. The fraction of sp³-hybridized carbons (Fsp3) is 0. The van der Waals surface area contributed by atoms with E-state index in [1.807, 2.05) is 0 Å². The van der Waals surface area contributed by atoms with Crippen molar-refractivity contribution in [3.8, 4) is 0 Å². The van der Waals surface area contributed by atoms with Crippen molar-refractivity contribution >= 4 is 33.0 Å². The first-order valence-electron chi connectivity index (χ1n) is 5.69. The zero-order chi connectivity index (χ0) is 14.1. The molecule has 0 spiro atoms. The van der Waals surface area contributed by atoms with Gasteiger partial charge in [-0.3, -0.25) is 9.78 Å². The van der Waals surface area contributed by atoms with Gasteiger partial charge in [-0.2, -0.15) is 5.10 Å². The van der Waals surface area contributed by atoms with Gasteiger partial charge < -0.3 is 5.32 Å². The van der Waals surface area contributed by atoms with E-state index in [0.29, 0.717) is 21.2 Å². The van der Waals surface area contributed by atoms with Crippen LogP contribution < -0.4 is 5.32 Å². The highest BCUT2D eigenvalue weighted by Gasteiger charge is 2.14. The number of amides is 1. The van der Waals surface area contributed by atoms with Gasteiger partial charge in [0.2, 0.25) is 0 Å². The van der Waals surface area contributed by atoms with Crippen LogP contribution in [-0.4, -0.2) is 20.5 Å². The number of aromatic nitrogens is 3.